The lowest BCUT2D eigenvalue weighted by Crippen LogP contribution is -2.39. The van der Waals surface area contributed by atoms with E-state index in [0.29, 0.717) is 16.4 Å². The van der Waals surface area contributed by atoms with Crippen LogP contribution in [0.4, 0.5) is 0 Å². The standard InChI is InChI=1S/C15H25N3OS2/c1-4-6-16-12(13-15(19-3)18-8-7-17-13)14-11(5-2)20-9-10-21-14/h7-8,11-12,14,16H,4-6,9-10H2,1-3H3. The largest absolute Gasteiger partial charge is 0.480 e. The molecule has 1 fully saturated rings. The third-order valence-corrected chi connectivity index (χ3v) is 6.97. The Kier molecular flexibility index (Phi) is 7.13. The summed E-state index contributed by atoms with van der Waals surface area (Å²) in [5, 5.41) is 4.85. The van der Waals surface area contributed by atoms with Crippen LogP contribution in [0.3, 0.4) is 0 Å². The predicted octanol–water partition coefficient (Wildman–Crippen LogP) is 3.15. The fourth-order valence-corrected chi connectivity index (χ4v) is 5.85. The topological polar surface area (TPSA) is 47.0 Å². The molecule has 0 spiro atoms. The van der Waals surface area contributed by atoms with Crippen molar-refractivity contribution in [2.75, 3.05) is 25.2 Å². The molecule has 118 valence electrons. The summed E-state index contributed by atoms with van der Waals surface area (Å²) in [6, 6.07) is 0.205. The summed E-state index contributed by atoms with van der Waals surface area (Å²) in [5.41, 5.74) is 0.951. The molecule has 1 aromatic heterocycles. The van der Waals surface area contributed by atoms with Crippen molar-refractivity contribution in [1.82, 2.24) is 15.3 Å². The van der Waals surface area contributed by atoms with Gasteiger partial charge in [0, 0.05) is 34.4 Å². The zero-order valence-electron chi connectivity index (χ0n) is 13.0. The van der Waals surface area contributed by atoms with E-state index in [1.54, 1.807) is 19.5 Å². The molecule has 0 amide bonds. The van der Waals surface area contributed by atoms with Crippen LogP contribution in [-0.4, -0.2) is 45.6 Å². The molecule has 0 radical (unpaired) electrons. The Labute approximate surface area is 136 Å². The molecular formula is C15H25N3OS2. The second kappa shape index (κ2) is 8.86. The van der Waals surface area contributed by atoms with Gasteiger partial charge in [-0.2, -0.15) is 23.5 Å². The van der Waals surface area contributed by atoms with Crippen molar-refractivity contribution in [2.24, 2.45) is 0 Å². The van der Waals surface area contributed by atoms with Gasteiger partial charge in [-0.15, -0.1) is 0 Å². The van der Waals surface area contributed by atoms with Crippen LogP contribution < -0.4 is 10.1 Å². The van der Waals surface area contributed by atoms with Gasteiger partial charge in [0.2, 0.25) is 5.88 Å². The molecule has 0 saturated carbocycles. The highest BCUT2D eigenvalue weighted by atomic mass is 32.2. The molecule has 1 saturated heterocycles. The van der Waals surface area contributed by atoms with Crippen LogP contribution in [0, 0.1) is 0 Å². The molecule has 2 heterocycles. The molecule has 3 unspecified atom stereocenters. The third-order valence-electron chi connectivity index (χ3n) is 3.62. The predicted molar refractivity (Wildman–Crippen MR) is 92.4 cm³/mol. The van der Waals surface area contributed by atoms with Gasteiger partial charge in [-0.1, -0.05) is 13.8 Å². The average Bonchev–Trinajstić information content (AvgIpc) is 2.56. The van der Waals surface area contributed by atoms with Gasteiger partial charge >= 0.3 is 0 Å². The molecule has 2 rings (SSSR count). The first kappa shape index (κ1) is 16.9. The molecule has 0 aromatic carbocycles. The Morgan fingerprint density at radius 1 is 1.29 bits per heavy atom. The average molecular weight is 328 g/mol. The van der Waals surface area contributed by atoms with E-state index in [2.05, 4.69) is 52.7 Å². The van der Waals surface area contributed by atoms with Crippen LogP contribution in [0.2, 0.25) is 0 Å². The first-order chi connectivity index (χ1) is 10.3. The monoisotopic (exact) mass is 327 g/mol. The Balaban J connectivity index is 2.28. The van der Waals surface area contributed by atoms with Crippen LogP contribution in [0.15, 0.2) is 12.4 Å². The number of thioether (sulfide) groups is 2. The van der Waals surface area contributed by atoms with Crippen molar-refractivity contribution in [3.8, 4) is 5.88 Å². The van der Waals surface area contributed by atoms with Gasteiger partial charge in [-0.25, -0.2) is 4.98 Å². The highest BCUT2D eigenvalue weighted by molar-refractivity contribution is 8.07. The van der Waals surface area contributed by atoms with Crippen LogP contribution in [0.25, 0.3) is 0 Å². The molecule has 21 heavy (non-hydrogen) atoms. The van der Waals surface area contributed by atoms with Gasteiger partial charge in [-0.3, -0.25) is 4.98 Å². The van der Waals surface area contributed by atoms with Crippen molar-refractivity contribution in [2.45, 2.75) is 43.2 Å². The number of aromatic nitrogens is 2. The van der Waals surface area contributed by atoms with Crippen molar-refractivity contribution in [1.29, 1.82) is 0 Å². The lowest BCUT2D eigenvalue weighted by Gasteiger charge is -2.36. The molecule has 1 aromatic rings. The maximum Gasteiger partial charge on any atom is 0.237 e. The fraction of sp³-hybridized carbons (Fsp3) is 0.733. The Bertz CT molecular complexity index is 433. The van der Waals surface area contributed by atoms with E-state index in [-0.39, 0.29) is 6.04 Å². The maximum atomic E-state index is 5.44. The lowest BCUT2D eigenvalue weighted by atomic mass is 10.0. The van der Waals surface area contributed by atoms with Crippen molar-refractivity contribution < 1.29 is 4.74 Å². The van der Waals surface area contributed by atoms with Gasteiger partial charge in [0.05, 0.1) is 13.2 Å². The molecule has 3 atom stereocenters. The van der Waals surface area contributed by atoms with Gasteiger partial charge in [0.25, 0.3) is 0 Å². The molecule has 4 nitrogen and oxygen atoms in total. The van der Waals surface area contributed by atoms with E-state index in [4.69, 9.17) is 4.74 Å². The minimum Gasteiger partial charge on any atom is -0.480 e. The molecule has 1 aliphatic heterocycles. The van der Waals surface area contributed by atoms with E-state index >= 15 is 0 Å². The van der Waals surface area contributed by atoms with Gasteiger partial charge in [0.1, 0.15) is 5.69 Å². The zero-order valence-corrected chi connectivity index (χ0v) is 14.7. The number of rotatable bonds is 7. The summed E-state index contributed by atoms with van der Waals surface area (Å²) >= 11 is 4.15. The normalized spacial score (nSPS) is 23.8. The Morgan fingerprint density at radius 3 is 2.76 bits per heavy atom. The summed E-state index contributed by atoms with van der Waals surface area (Å²) < 4.78 is 5.44. The Hall–Kier alpha value is -0.460. The van der Waals surface area contributed by atoms with Crippen LogP contribution in [0.5, 0.6) is 5.88 Å². The summed E-state index contributed by atoms with van der Waals surface area (Å²) in [6.07, 6.45) is 5.76. The maximum absolute atomic E-state index is 5.44. The summed E-state index contributed by atoms with van der Waals surface area (Å²) in [5.74, 6) is 3.10. The first-order valence-electron chi connectivity index (χ1n) is 7.63. The van der Waals surface area contributed by atoms with Crippen LogP contribution in [-0.2, 0) is 0 Å². The smallest absolute Gasteiger partial charge is 0.237 e. The number of ether oxygens (including phenoxy) is 1. The lowest BCUT2D eigenvalue weighted by molar-refractivity contribution is 0.373. The molecule has 0 aliphatic carbocycles. The van der Waals surface area contributed by atoms with E-state index in [0.717, 1.165) is 18.7 Å². The highest BCUT2D eigenvalue weighted by Crippen LogP contribution is 2.41. The van der Waals surface area contributed by atoms with Crippen molar-refractivity contribution >= 4 is 23.5 Å². The third kappa shape index (κ3) is 4.27. The van der Waals surface area contributed by atoms with Crippen LogP contribution in [0.1, 0.15) is 38.4 Å². The summed E-state index contributed by atoms with van der Waals surface area (Å²) in [7, 11) is 1.67. The molecule has 6 heteroatoms. The number of nitrogens with one attached hydrogen (secondary N) is 1. The van der Waals surface area contributed by atoms with Crippen LogP contribution >= 0.6 is 23.5 Å². The number of nitrogens with zero attached hydrogens (tertiary/aromatic N) is 2. The quantitative estimate of drug-likeness (QED) is 0.830. The second-order valence-electron chi connectivity index (χ2n) is 5.04. The highest BCUT2D eigenvalue weighted by Gasteiger charge is 2.35. The van der Waals surface area contributed by atoms with Gasteiger partial charge in [-0.05, 0) is 19.4 Å². The van der Waals surface area contributed by atoms with E-state index in [1.807, 2.05) is 0 Å². The van der Waals surface area contributed by atoms with Crippen molar-refractivity contribution in [3.63, 3.8) is 0 Å². The summed E-state index contributed by atoms with van der Waals surface area (Å²) in [6.45, 7) is 5.46. The number of hydrogen-bond donors (Lipinski definition) is 1. The van der Waals surface area contributed by atoms with Crippen molar-refractivity contribution in [3.05, 3.63) is 18.1 Å². The summed E-state index contributed by atoms with van der Waals surface area (Å²) in [4.78, 5) is 8.91. The zero-order chi connectivity index (χ0) is 15.1. The molecule has 1 aliphatic rings. The Morgan fingerprint density at radius 2 is 2.05 bits per heavy atom. The van der Waals surface area contributed by atoms with E-state index in [1.165, 1.54) is 17.9 Å². The SMILES string of the molecule is CCCNC(c1nccnc1OC)C1SCCSC1CC. The van der Waals surface area contributed by atoms with Gasteiger partial charge in [0.15, 0.2) is 0 Å². The minimum absolute atomic E-state index is 0.205. The van der Waals surface area contributed by atoms with E-state index in [9.17, 15) is 0 Å². The number of hydrogen-bond acceptors (Lipinski definition) is 6. The molecular weight excluding hydrogens is 302 g/mol. The molecule has 0 bridgehead atoms. The fourth-order valence-electron chi connectivity index (χ4n) is 2.62. The van der Waals surface area contributed by atoms with Gasteiger partial charge < -0.3 is 10.1 Å². The first-order valence-corrected chi connectivity index (χ1v) is 9.73. The molecule has 1 N–H and O–H groups in total. The minimum atomic E-state index is 0.205. The van der Waals surface area contributed by atoms with E-state index < -0.39 is 0 Å². The second-order valence-corrected chi connectivity index (χ2v) is 7.67. The number of methoxy groups -OCH3 is 1.